The van der Waals surface area contributed by atoms with Crippen LogP contribution in [0.3, 0.4) is 0 Å². The summed E-state index contributed by atoms with van der Waals surface area (Å²) in [6, 6.07) is 4.17. The van der Waals surface area contributed by atoms with E-state index < -0.39 is 0 Å². The molecule has 0 saturated carbocycles. The number of hydrogen-bond donors (Lipinski definition) is 1. The van der Waals surface area contributed by atoms with Gasteiger partial charge in [-0.15, -0.1) is 27.8 Å². The Hall–Kier alpha value is -2.19. The van der Waals surface area contributed by atoms with Crippen molar-refractivity contribution >= 4 is 28.6 Å². The summed E-state index contributed by atoms with van der Waals surface area (Å²) in [5.41, 5.74) is 1.47. The molecule has 3 aromatic heterocycles. The van der Waals surface area contributed by atoms with E-state index in [1.807, 2.05) is 6.92 Å². The molecular weight excluding hydrogens is 344 g/mol. The van der Waals surface area contributed by atoms with E-state index in [1.165, 1.54) is 12.0 Å². The Bertz CT molecular complexity index is 850. The summed E-state index contributed by atoms with van der Waals surface area (Å²) in [6.45, 7) is 2.57. The number of methoxy groups -OCH3 is 1. The van der Waals surface area contributed by atoms with Gasteiger partial charge in [0.05, 0.1) is 22.7 Å². The Kier molecular flexibility index (Phi) is 4.96. The zero-order chi connectivity index (χ0) is 17.1. The molecule has 0 unspecified atom stereocenters. The topological polar surface area (TPSA) is 69.0 Å². The first-order valence-electron chi connectivity index (χ1n) is 7.44. The molecule has 3 heterocycles. The molecule has 0 aromatic carbocycles. The normalized spacial score (nSPS) is 10.8. The summed E-state index contributed by atoms with van der Waals surface area (Å²) in [5, 5.41) is 10.1. The first-order chi connectivity index (χ1) is 11.6. The first-order valence-corrected chi connectivity index (χ1v) is 9.13. The molecule has 126 valence electrons. The number of nitrogens with one attached hydrogen (secondary N) is 1. The number of carbonyl (C=O) groups excluding carboxylic acids is 1. The van der Waals surface area contributed by atoms with Crippen molar-refractivity contribution < 1.29 is 9.53 Å². The van der Waals surface area contributed by atoms with E-state index in [2.05, 4.69) is 32.9 Å². The molecule has 0 saturated heterocycles. The highest BCUT2D eigenvalue weighted by atomic mass is 32.1. The minimum atomic E-state index is -0.174. The van der Waals surface area contributed by atoms with Gasteiger partial charge >= 0.3 is 0 Å². The molecule has 0 atom stereocenters. The molecule has 1 amide bonds. The van der Waals surface area contributed by atoms with Gasteiger partial charge in [-0.1, -0.05) is 0 Å². The third-order valence-electron chi connectivity index (χ3n) is 3.42. The standard InChI is InChI=1S/C16H18N4O2S2/c1-10-18-13(9-23-10)14-5-4-11(24-14)6-7-17-15(21)12-8-20(2)19-16(12)22-3/h4-5,8-9H,6-7H2,1-3H3,(H,17,21). The number of carbonyl (C=O) groups is 1. The molecule has 0 bridgehead atoms. The van der Waals surface area contributed by atoms with Gasteiger partial charge in [0, 0.05) is 30.0 Å². The second kappa shape index (κ2) is 7.14. The smallest absolute Gasteiger partial charge is 0.258 e. The van der Waals surface area contributed by atoms with Gasteiger partial charge in [0.15, 0.2) is 0 Å². The van der Waals surface area contributed by atoms with Crippen LogP contribution in [0.5, 0.6) is 5.88 Å². The summed E-state index contributed by atoms with van der Waals surface area (Å²) in [4.78, 5) is 19.1. The molecule has 0 spiro atoms. The Morgan fingerprint density at radius 2 is 2.25 bits per heavy atom. The molecule has 3 rings (SSSR count). The van der Waals surface area contributed by atoms with Crippen molar-refractivity contribution in [2.75, 3.05) is 13.7 Å². The van der Waals surface area contributed by atoms with Crippen molar-refractivity contribution in [3.8, 4) is 16.5 Å². The molecule has 0 radical (unpaired) electrons. The molecule has 0 aliphatic heterocycles. The van der Waals surface area contributed by atoms with Crippen LogP contribution in [0.25, 0.3) is 10.6 Å². The molecule has 0 fully saturated rings. The van der Waals surface area contributed by atoms with Gasteiger partial charge in [-0.3, -0.25) is 9.48 Å². The van der Waals surface area contributed by atoms with Crippen molar-refractivity contribution in [3.05, 3.63) is 39.2 Å². The highest BCUT2D eigenvalue weighted by Crippen LogP contribution is 2.29. The fourth-order valence-electron chi connectivity index (χ4n) is 2.30. The largest absolute Gasteiger partial charge is 0.479 e. The van der Waals surface area contributed by atoms with Crippen molar-refractivity contribution in [2.45, 2.75) is 13.3 Å². The maximum Gasteiger partial charge on any atom is 0.258 e. The van der Waals surface area contributed by atoms with E-state index in [9.17, 15) is 4.79 Å². The number of thiophene rings is 1. The highest BCUT2D eigenvalue weighted by Gasteiger charge is 2.16. The lowest BCUT2D eigenvalue weighted by atomic mass is 10.3. The highest BCUT2D eigenvalue weighted by molar-refractivity contribution is 7.16. The van der Waals surface area contributed by atoms with Crippen LogP contribution in [0.1, 0.15) is 20.2 Å². The van der Waals surface area contributed by atoms with E-state index >= 15 is 0 Å². The lowest BCUT2D eigenvalue weighted by Gasteiger charge is -2.03. The van der Waals surface area contributed by atoms with Gasteiger partial charge in [-0.25, -0.2) is 4.98 Å². The van der Waals surface area contributed by atoms with Crippen LogP contribution in [-0.4, -0.2) is 34.3 Å². The third-order valence-corrected chi connectivity index (χ3v) is 5.36. The Morgan fingerprint density at radius 1 is 1.42 bits per heavy atom. The Morgan fingerprint density at radius 3 is 2.96 bits per heavy atom. The predicted octanol–water partition coefficient (Wildman–Crippen LogP) is 2.89. The van der Waals surface area contributed by atoms with Crippen LogP contribution in [-0.2, 0) is 13.5 Å². The number of nitrogens with zero attached hydrogens (tertiary/aromatic N) is 3. The van der Waals surface area contributed by atoms with Crippen molar-refractivity contribution in [3.63, 3.8) is 0 Å². The lowest BCUT2D eigenvalue weighted by Crippen LogP contribution is -2.25. The van der Waals surface area contributed by atoms with Gasteiger partial charge in [-0.05, 0) is 25.5 Å². The van der Waals surface area contributed by atoms with Crippen LogP contribution in [0, 0.1) is 6.92 Å². The molecule has 24 heavy (non-hydrogen) atoms. The molecular formula is C16H18N4O2S2. The van der Waals surface area contributed by atoms with Crippen molar-refractivity contribution in [2.24, 2.45) is 7.05 Å². The monoisotopic (exact) mass is 362 g/mol. The van der Waals surface area contributed by atoms with Gasteiger partial charge in [0.1, 0.15) is 5.56 Å². The Labute approximate surface area is 148 Å². The van der Waals surface area contributed by atoms with Gasteiger partial charge in [-0.2, -0.15) is 0 Å². The summed E-state index contributed by atoms with van der Waals surface area (Å²) < 4.78 is 6.67. The second-order valence-electron chi connectivity index (χ2n) is 5.25. The van der Waals surface area contributed by atoms with E-state index in [0.717, 1.165) is 22.0 Å². The molecule has 8 heteroatoms. The summed E-state index contributed by atoms with van der Waals surface area (Å²) in [5.74, 6) is 0.166. The molecule has 0 aliphatic carbocycles. The lowest BCUT2D eigenvalue weighted by molar-refractivity contribution is 0.0951. The SMILES string of the molecule is COc1nn(C)cc1C(=O)NCCc1ccc(-c2csc(C)n2)s1. The molecule has 6 nitrogen and oxygen atoms in total. The van der Waals surface area contributed by atoms with E-state index in [0.29, 0.717) is 18.0 Å². The Balaban J connectivity index is 1.57. The third kappa shape index (κ3) is 3.65. The molecule has 1 N–H and O–H groups in total. The zero-order valence-electron chi connectivity index (χ0n) is 13.7. The second-order valence-corrected chi connectivity index (χ2v) is 7.48. The number of thiazole rings is 1. The molecule has 0 aliphatic rings. The van der Waals surface area contributed by atoms with Gasteiger partial charge in [0.25, 0.3) is 5.91 Å². The van der Waals surface area contributed by atoms with Crippen molar-refractivity contribution in [1.29, 1.82) is 0 Å². The number of amides is 1. The molecule has 3 aromatic rings. The van der Waals surface area contributed by atoms with Crippen LogP contribution >= 0.6 is 22.7 Å². The summed E-state index contributed by atoms with van der Waals surface area (Å²) in [7, 11) is 3.26. The van der Waals surface area contributed by atoms with E-state index in [-0.39, 0.29) is 5.91 Å². The fraction of sp³-hybridized carbons (Fsp3) is 0.312. The summed E-state index contributed by atoms with van der Waals surface area (Å²) >= 11 is 3.36. The fourth-order valence-corrected chi connectivity index (χ4v) is 3.95. The number of aryl methyl sites for hydroxylation is 2. The average molecular weight is 362 g/mol. The van der Waals surface area contributed by atoms with Crippen LogP contribution in [0.4, 0.5) is 0 Å². The average Bonchev–Trinajstić information content (AvgIpc) is 3.26. The van der Waals surface area contributed by atoms with Crippen LogP contribution in [0.15, 0.2) is 23.7 Å². The van der Waals surface area contributed by atoms with E-state index in [4.69, 9.17) is 4.74 Å². The quantitative estimate of drug-likeness (QED) is 0.732. The number of ether oxygens (including phenoxy) is 1. The maximum atomic E-state index is 12.2. The van der Waals surface area contributed by atoms with Crippen molar-refractivity contribution in [1.82, 2.24) is 20.1 Å². The van der Waals surface area contributed by atoms with E-state index in [1.54, 1.807) is 40.6 Å². The van der Waals surface area contributed by atoms with Crippen LogP contribution in [0.2, 0.25) is 0 Å². The summed E-state index contributed by atoms with van der Waals surface area (Å²) in [6.07, 6.45) is 2.43. The minimum absolute atomic E-state index is 0.174. The zero-order valence-corrected chi connectivity index (χ0v) is 15.3. The van der Waals surface area contributed by atoms with Gasteiger partial charge in [0.2, 0.25) is 5.88 Å². The minimum Gasteiger partial charge on any atom is -0.479 e. The van der Waals surface area contributed by atoms with Crippen LogP contribution < -0.4 is 10.1 Å². The maximum absolute atomic E-state index is 12.2. The number of hydrogen-bond acceptors (Lipinski definition) is 6. The first kappa shape index (κ1) is 16.7. The predicted molar refractivity (Wildman–Crippen MR) is 96.0 cm³/mol. The number of aromatic nitrogens is 3. The van der Waals surface area contributed by atoms with Gasteiger partial charge < -0.3 is 10.1 Å². The number of rotatable bonds is 6.